The summed E-state index contributed by atoms with van der Waals surface area (Å²) in [7, 11) is 0. The maximum Gasteiger partial charge on any atom is 0.135 e. The first-order valence-corrected chi connectivity index (χ1v) is 15.4. The van der Waals surface area contributed by atoms with Crippen LogP contribution in [0.4, 0.5) is 0 Å². The van der Waals surface area contributed by atoms with Gasteiger partial charge in [-0.25, -0.2) is 0 Å². The van der Waals surface area contributed by atoms with Crippen LogP contribution in [0.3, 0.4) is 0 Å². The molecule has 2 heteroatoms. The summed E-state index contributed by atoms with van der Waals surface area (Å²) in [6, 6.07) is 56.4. The van der Waals surface area contributed by atoms with Crippen molar-refractivity contribution < 1.29 is 9.15 Å². The average molecular weight is 575 g/mol. The fourth-order valence-corrected chi connectivity index (χ4v) is 7.91. The molecule has 10 rings (SSSR count). The molecule has 0 saturated heterocycles. The molecule has 0 amide bonds. The lowest BCUT2D eigenvalue weighted by Gasteiger charge is -2.39. The smallest absolute Gasteiger partial charge is 0.135 e. The molecule has 0 unspecified atom stereocenters. The molecule has 2 nitrogen and oxygen atoms in total. The van der Waals surface area contributed by atoms with Gasteiger partial charge in [-0.2, -0.15) is 0 Å². The van der Waals surface area contributed by atoms with Crippen LogP contribution >= 0.6 is 0 Å². The van der Waals surface area contributed by atoms with Crippen molar-refractivity contribution in [2.75, 3.05) is 0 Å². The SMILES string of the molecule is c1ccc2c(c1)Oc1cc(-c3ccccc3-c3ccc4oc5ccccc5c4c3)ccc1C21c2ccccc2-c2ccccc21. The number of rotatable bonds is 2. The molecule has 45 heavy (non-hydrogen) atoms. The number of benzene rings is 7. The minimum absolute atomic E-state index is 0.456. The molecule has 1 aliphatic carbocycles. The van der Waals surface area contributed by atoms with E-state index in [0.29, 0.717) is 0 Å². The highest BCUT2D eigenvalue weighted by Crippen LogP contribution is 2.62. The second-order valence-electron chi connectivity index (χ2n) is 12.0. The number of ether oxygens (including phenoxy) is 1. The van der Waals surface area contributed by atoms with Gasteiger partial charge in [-0.3, -0.25) is 0 Å². The number of hydrogen-bond acceptors (Lipinski definition) is 2. The van der Waals surface area contributed by atoms with E-state index in [0.717, 1.165) is 50.1 Å². The Morgan fingerprint density at radius 1 is 0.356 bits per heavy atom. The predicted octanol–water partition coefficient (Wildman–Crippen LogP) is 11.4. The summed E-state index contributed by atoms with van der Waals surface area (Å²) in [6.07, 6.45) is 0. The van der Waals surface area contributed by atoms with Crippen LogP contribution in [0.2, 0.25) is 0 Å². The lowest BCUT2D eigenvalue weighted by Crippen LogP contribution is -2.32. The Balaban J connectivity index is 1.19. The van der Waals surface area contributed by atoms with Crippen molar-refractivity contribution in [3.8, 4) is 44.9 Å². The third kappa shape index (κ3) is 3.29. The Hall–Kier alpha value is -5.86. The molecule has 0 bridgehead atoms. The van der Waals surface area contributed by atoms with Crippen molar-refractivity contribution in [3.63, 3.8) is 0 Å². The molecular formula is C43H26O2. The zero-order valence-electron chi connectivity index (χ0n) is 24.3. The first-order chi connectivity index (χ1) is 22.3. The number of hydrogen-bond donors (Lipinski definition) is 0. The molecule has 2 aliphatic rings. The van der Waals surface area contributed by atoms with Crippen LogP contribution < -0.4 is 4.74 Å². The summed E-state index contributed by atoms with van der Waals surface area (Å²) >= 11 is 0. The summed E-state index contributed by atoms with van der Waals surface area (Å²) in [4.78, 5) is 0. The van der Waals surface area contributed by atoms with Crippen LogP contribution in [0.5, 0.6) is 11.5 Å². The number of para-hydroxylation sites is 2. The Morgan fingerprint density at radius 2 is 0.889 bits per heavy atom. The van der Waals surface area contributed by atoms with Gasteiger partial charge in [0.2, 0.25) is 0 Å². The molecule has 0 radical (unpaired) electrons. The van der Waals surface area contributed by atoms with Gasteiger partial charge in [-0.15, -0.1) is 0 Å². The van der Waals surface area contributed by atoms with E-state index >= 15 is 0 Å². The van der Waals surface area contributed by atoms with Crippen molar-refractivity contribution in [1.82, 2.24) is 0 Å². The fourth-order valence-electron chi connectivity index (χ4n) is 7.91. The average Bonchev–Trinajstić information content (AvgIpc) is 3.62. The molecule has 2 heterocycles. The standard InChI is InChI=1S/C43H26O2/c1-2-12-30(29(11-1)27-22-24-40-34(25-27)33-15-5-9-19-39(33)44-40)28-21-23-38-42(26-28)45-41-20-10-8-18-37(41)43(38)35-16-6-3-13-31(35)32-14-4-7-17-36(32)43/h1-26H. The molecule has 0 atom stereocenters. The maximum absolute atomic E-state index is 6.78. The first kappa shape index (κ1) is 24.6. The van der Waals surface area contributed by atoms with Crippen molar-refractivity contribution in [2.24, 2.45) is 0 Å². The van der Waals surface area contributed by atoms with Crippen LogP contribution in [0.15, 0.2) is 162 Å². The molecule has 1 aliphatic heterocycles. The molecular weight excluding hydrogens is 548 g/mol. The van der Waals surface area contributed by atoms with E-state index in [4.69, 9.17) is 9.15 Å². The monoisotopic (exact) mass is 574 g/mol. The lowest BCUT2D eigenvalue weighted by atomic mass is 9.66. The van der Waals surface area contributed by atoms with E-state index in [2.05, 4.69) is 146 Å². The number of furan rings is 1. The van der Waals surface area contributed by atoms with Crippen molar-refractivity contribution >= 4 is 21.9 Å². The van der Waals surface area contributed by atoms with Crippen molar-refractivity contribution in [1.29, 1.82) is 0 Å². The van der Waals surface area contributed by atoms with Gasteiger partial charge in [-0.05, 0) is 74.8 Å². The molecule has 8 aromatic rings. The van der Waals surface area contributed by atoms with Crippen molar-refractivity contribution in [3.05, 3.63) is 180 Å². The first-order valence-electron chi connectivity index (χ1n) is 15.4. The van der Waals surface area contributed by atoms with Gasteiger partial charge in [-0.1, -0.05) is 127 Å². The van der Waals surface area contributed by atoms with Crippen LogP contribution in [0.1, 0.15) is 22.3 Å². The molecule has 0 N–H and O–H groups in total. The topological polar surface area (TPSA) is 22.4 Å². The summed E-state index contributed by atoms with van der Waals surface area (Å²) in [5.74, 6) is 1.79. The zero-order chi connectivity index (χ0) is 29.5. The van der Waals surface area contributed by atoms with Crippen molar-refractivity contribution in [2.45, 2.75) is 5.41 Å². The van der Waals surface area contributed by atoms with E-state index in [1.165, 1.54) is 38.9 Å². The Bertz CT molecular complexity index is 2430. The quantitative estimate of drug-likeness (QED) is 0.205. The molecule has 1 spiro atoms. The Morgan fingerprint density at radius 3 is 1.64 bits per heavy atom. The molecule has 1 aromatic heterocycles. The third-order valence-electron chi connectivity index (χ3n) is 9.77. The van der Waals surface area contributed by atoms with Crippen LogP contribution in [-0.2, 0) is 5.41 Å². The van der Waals surface area contributed by atoms with E-state index in [-0.39, 0.29) is 0 Å². The summed E-state index contributed by atoms with van der Waals surface area (Å²) in [5, 5.41) is 2.26. The van der Waals surface area contributed by atoms with E-state index < -0.39 is 5.41 Å². The van der Waals surface area contributed by atoms with Gasteiger partial charge in [0.25, 0.3) is 0 Å². The van der Waals surface area contributed by atoms with Gasteiger partial charge in [0.05, 0.1) is 5.41 Å². The maximum atomic E-state index is 6.78. The minimum Gasteiger partial charge on any atom is -0.457 e. The highest BCUT2D eigenvalue weighted by Gasteiger charge is 2.50. The Kier molecular flexibility index (Phi) is 4.95. The summed E-state index contributed by atoms with van der Waals surface area (Å²) in [6.45, 7) is 0. The molecule has 0 fully saturated rings. The Labute approximate surface area is 260 Å². The normalized spacial score (nSPS) is 13.7. The van der Waals surface area contributed by atoms with E-state index in [1.807, 2.05) is 12.1 Å². The second-order valence-corrected chi connectivity index (χ2v) is 12.0. The van der Waals surface area contributed by atoms with Crippen LogP contribution in [0, 0.1) is 0 Å². The zero-order valence-corrected chi connectivity index (χ0v) is 24.3. The molecule has 0 saturated carbocycles. The fraction of sp³-hybridized carbons (Fsp3) is 0.0233. The molecule has 7 aromatic carbocycles. The van der Waals surface area contributed by atoms with Gasteiger partial charge < -0.3 is 9.15 Å². The third-order valence-corrected chi connectivity index (χ3v) is 9.77. The number of fused-ring (bicyclic) bond motifs is 12. The minimum atomic E-state index is -0.456. The van der Waals surface area contributed by atoms with E-state index in [9.17, 15) is 0 Å². The highest BCUT2D eigenvalue weighted by molar-refractivity contribution is 6.06. The van der Waals surface area contributed by atoms with Gasteiger partial charge >= 0.3 is 0 Å². The second kappa shape index (κ2) is 9.07. The lowest BCUT2D eigenvalue weighted by molar-refractivity contribution is 0.436. The predicted molar refractivity (Wildman–Crippen MR) is 182 cm³/mol. The van der Waals surface area contributed by atoms with Gasteiger partial charge in [0, 0.05) is 21.9 Å². The largest absolute Gasteiger partial charge is 0.457 e. The van der Waals surface area contributed by atoms with E-state index in [1.54, 1.807) is 0 Å². The summed E-state index contributed by atoms with van der Waals surface area (Å²) < 4.78 is 12.9. The van der Waals surface area contributed by atoms with Gasteiger partial charge in [0.1, 0.15) is 22.7 Å². The molecule has 210 valence electrons. The van der Waals surface area contributed by atoms with Crippen LogP contribution in [-0.4, -0.2) is 0 Å². The highest BCUT2D eigenvalue weighted by atomic mass is 16.5. The van der Waals surface area contributed by atoms with Gasteiger partial charge in [0.15, 0.2) is 0 Å². The van der Waals surface area contributed by atoms with Crippen LogP contribution in [0.25, 0.3) is 55.3 Å². The summed E-state index contributed by atoms with van der Waals surface area (Å²) in [5.41, 5.74) is 13.5.